The number of hydrogen-bond acceptors (Lipinski definition) is 3. The van der Waals surface area contributed by atoms with E-state index in [0.717, 1.165) is 18.8 Å². The molecule has 0 aromatic heterocycles. The first kappa shape index (κ1) is 11.3. The highest BCUT2D eigenvalue weighted by molar-refractivity contribution is 5.51. The molecule has 1 aromatic carbocycles. The van der Waals surface area contributed by atoms with E-state index in [4.69, 9.17) is 4.74 Å². The standard InChI is InChI=1S/C13H20N2O/c1-10-8-14-9-13(10)15(2)11-5-4-6-12(7-11)16-3/h4-7,10,13-14H,8-9H2,1-3H3. The summed E-state index contributed by atoms with van der Waals surface area (Å²) in [5, 5.41) is 3.43. The van der Waals surface area contributed by atoms with E-state index in [0.29, 0.717) is 12.0 Å². The van der Waals surface area contributed by atoms with Gasteiger partial charge in [0.15, 0.2) is 0 Å². The Kier molecular flexibility index (Phi) is 3.34. The number of hydrogen-bond donors (Lipinski definition) is 1. The van der Waals surface area contributed by atoms with Crippen molar-refractivity contribution in [2.24, 2.45) is 5.92 Å². The van der Waals surface area contributed by atoms with Crippen LogP contribution in [0.4, 0.5) is 5.69 Å². The zero-order chi connectivity index (χ0) is 11.5. The summed E-state index contributed by atoms with van der Waals surface area (Å²) in [6.45, 7) is 4.47. The maximum absolute atomic E-state index is 5.25. The van der Waals surface area contributed by atoms with Crippen molar-refractivity contribution in [3.05, 3.63) is 24.3 Å². The molecule has 1 N–H and O–H groups in total. The Morgan fingerprint density at radius 3 is 2.81 bits per heavy atom. The van der Waals surface area contributed by atoms with Crippen LogP contribution >= 0.6 is 0 Å². The molecule has 2 rings (SSSR count). The topological polar surface area (TPSA) is 24.5 Å². The minimum atomic E-state index is 0.576. The zero-order valence-corrected chi connectivity index (χ0v) is 10.2. The van der Waals surface area contributed by atoms with Crippen LogP contribution in [0.1, 0.15) is 6.92 Å². The van der Waals surface area contributed by atoms with Gasteiger partial charge < -0.3 is 15.0 Å². The van der Waals surface area contributed by atoms with Gasteiger partial charge in [-0.3, -0.25) is 0 Å². The Morgan fingerprint density at radius 1 is 1.38 bits per heavy atom. The van der Waals surface area contributed by atoms with E-state index in [2.05, 4.69) is 36.3 Å². The molecule has 1 aromatic rings. The summed E-state index contributed by atoms with van der Waals surface area (Å²) in [7, 11) is 3.86. The smallest absolute Gasteiger partial charge is 0.120 e. The molecule has 0 aliphatic carbocycles. The van der Waals surface area contributed by atoms with Crippen molar-refractivity contribution in [3.8, 4) is 5.75 Å². The number of benzene rings is 1. The van der Waals surface area contributed by atoms with Crippen LogP contribution in [0.2, 0.25) is 0 Å². The Labute approximate surface area is 97.4 Å². The van der Waals surface area contributed by atoms with Gasteiger partial charge in [-0.1, -0.05) is 13.0 Å². The van der Waals surface area contributed by atoms with Crippen LogP contribution in [0, 0.1) is 5.92 Å². The number of rotatable bonds is 3. The van der Waals surface area contributed by atoms with Crippen molar-refractivity contribution in [2.45, 2.75) is 13.0 Å². The van der Waals surface area contributed by atoms with Gasteiger partial charge in [0.2, 0.25) is 0 Å². The van der Waals surface area contributed by atoms with Gasteiger partial charge in [0.1, 0.15) is 5.75 Å². The summed E-state index contributed by atoms with van der Waals surface area (Å²) < 4.78 is 5.25. The Hall–Kier alpha value is -1.22. The number of anilines is 1. The first-order chi connectivity index (χ1) is 7.72. The second kappa shape index (κ2) is 4.74. The minimum Gasteiger partial charge on any atom is -0.497 e. The summed E-state index contributed by atoms with van der Waals surface area (Å²) in [5.41, 5.74) is 1.22. The lowest BCUT2D eigenvalue weighted by atomic mass is 10.0. The highest BCUT2D eigenvalue weighted by Crippen LogP contribution is 2.24. The third-order valence-electron chi connectivity index (χ3n) is 3.43. The highest BCUT2D eigenvalue weighted by atomic mass is 16.5. The van der Waals surface area contributed by atoms with Crippen molar-refractivity contribution in [2.75, 3.05) is 32.1 Å². The minimum absolute atomic E-state index is 0.576. The van der Waals surface area contributed by atoms with E-state index in [1.807, 2.05) is 12.1 Å². The lowest BCUT2D eigenvalue weighted by molar-refractivity contribution is 0.414. The van der Waals surface area contributed by atoms with Gasteiger partial charge in [-0.15, -0.1) is 0 Å². The van der Waals surface area contributed by atoms with Crippen molar-refractivity contribution >= 4 is 5.69 Å². The molecule has 0 radical (unpaired) electrons. The van der Waals surface area contributed by atoms with Crippen LogP contribution in [0.25, 0.3) is 0 Å². The molecule has 3 nitrogen and oxygen atoms in total. The lowest BCUT2D eigenvalue weighted by Crippen LogP contribution is -2.37. The molecule has 1 fully saturated rings. The van der Waals surface area contributed by atoms with E-state index in [-0.39, 0.29) is 0 Å². The average molecular weight is 220 g/mol. The first-order valence-electron chi connectivity index (χ1n) is 5.80. The van der Waals surface area contributed by atoms with Crippen molar-refractivity contribution in [1.82, 2.24) is 5.32 Å². The molecule has 0 bridgehead atoms. The molecular weight excluding hydrogens is 200 g/mol. The number of nitrogens with zero attached hydrogens (tertiary/aromatic N) is 1. The van der Waals surface area contributed by atoms with Crippen LogP contribution in [0.3, 0.4) is 0 Å². The molecule has 0 amide bonds. The van der Waals surface area contributed by atoms with E-state index < -0.39 is 0 Å². The normalized spacial score (nSPS) is 24.4. The molecule has 1 aliphatic rings. The van der Waals surface area contributed by atoms with Crippen LogP contribution in [-0.4, -0.2) is 33.3 Å². The molecule has 0 saturated carbocycles. The molecule has 16 heavy (non-hydrogen) atoms. The fourth-order valence-corrected chi connectivity index (χ4v) is 2.34. The molecule has 2 unspecified atom stereocenters. The predicted octanol–water partition coefficient (Wildman–Crippen LogP) is 1.74. The van der Waals surface area contributed by atoms with E-state index in [1.54, 1.807) is 7.11 Å². The fourth-order valence-electron chi connectivity index (χ4n) is 2.34. The molecule has 3 heteroatoms. The first-order valence-corrected chi connectivity index (χ1v) is 5.80. The molecule has 1 saturated heterocycles. The van der Waals surface area contributed by atoms with Crippen molar-refractivity contribution in [3.63, 3.8) is 0 Å². The predicted molar refractivity (Wildman–Crippen MR) is 67.2 cm³/mol. The Balaban J connectivity index is 2.16. The molecule has 0 spiro atoms. The van der Waals surface area contributed by atoms with Gasteiger partial charge in [-0.25, -0.2) is 0 Å². The zero-order valence-electron chi connectivity index (χ0n) is 10.2. The number of nitrogens with one attached hydrogen (secondary N) is 1. The molecule has 2 atom stereocenters. The summed E-state index contributed by atoms with van der Waals surface area (Å²) >= 11 is 0. The van der Waals surface area contributed by atoms with E-state index in [1.165, 1.54) is 5.69 Å². The van der Waals surface area contributed by atoms with Crippen LogP contribution in [0.5, 0.6) is 5.75 Å². The van der Waals surface area contributed by atoms with Gasteiger partial charge in [-0.2, -0.15) is 0 Å². The third kappa shape index (κ3) is 2.14. The van der Waals surface area contributed by atoms with Gasteiger partial charge in [-0.05, 0) is 24.6 Å². The monoisotopic (exact) mass is 220 g/mol. The maximum Gasteiger partial charge on any atom is 0.120 e. The van der Waals surface area contributed by atoms with Gasteiger partial charge in [0, 0.05) is 31.4 Å². The fraction of sp³-hybridized carbons (Fsp3) is 0.538. The molecule has 88 valence electrons. The second-order valence-electron chi connectivity index (χ2n) is 4.52. The van der Waals surface area contributed by atoms with E-state index in [9.17, 15) is 0 Å². The Morgan fingerprint density at radius 2 is 2.19 bits per heavy atom. The largest absolute Gasteiger partial charge is 0.497 e. The van der Waals surface area contributed by atoms with Crippen molar-refractivity contribution < 1.29 is 4.74 Å². The third-order valence-corrected chi connectivity index (χ3v) is 3.43. The van der Waals surface area contributed by atoms with Gasteiger partial charge in [0.25, 0.3) is 0 Å². The van der Waals surface area contributed by atoms with E-state index >= 15 is 0 Å². The SMILES string of the molecule is COc1cccc(N(C)C2CNCC2C)c1. The molecular formula is C13H20N2O. The number of methoxy groups -OCH3 is 1. The summed E-state index contributed by atoms with van der Waals surface area (Å²) in [6.07, 6.45) is 0. The number of ether oxygens (including phenoxy) is 1. The summed E-state index contributed by atoms with van der Waals surface area (Å²) in [4.78, 5) is 2.34. The maximum atomic E-state index is 5.25. The summed E-state index contributed by atoms with van der Waals surface area (Å²) in [6, 6.07) is 8.82. The van der Waals surface area contributed by atoms with Crippen LogP contribution in [0.15, 0.2) is 24.3 Å². The van der Waals surface area contributed by atoms with Crippen LogP contribution in [-0.2, 0) is 0 Å². The molecule has 1 heterocycles. The van der Waals surface area contributed by atoms with Gasteiger partial charge >= 0.3 is 0 Å². The quantitative estimate of drug-likeness (QED) is 0.839. The average Bonchev–Trinajstić information content (AvgIpc) is 2.74. The van der Waals surface area contributed by atoms with Crippen molar-refractivity contribution in [1.29, 1.82) is 0 Å². The summed E-state index contributed by atoms with van der Waals surface area (Å²) in [5.74, 6) is 1.61. The van der Waals surface area contributed by atoms with Crippen LogP contribution < -0.4 is 15.0 Å². The van der Waals surface area contributed by atoms with Gasteiger partial charge in [0.05, 0.1) is 7.11 Å². The second-order valence-corrected chi connectivity index (χ2v) is 4.52. The molecule has 1 aliphatic heterocycles. The highest BCUT2D eigenvalue weighted by Gasteiger charge is 2.26. The number of likely N-dealkylation sites (N-methyl/N-ethyl adjacent to an activating group) is 1. The lowest BCUT2D eigenvalue weighted by Gasteiger charge is -2.29. The Bertz CT molecular complexity index is 354.